The molecule has 13 heteroatoms. The van der Waals surface area contributed by atoms with E-state index in [1.54, 1.807) is 23.5 Å². The lowest BCUT2D eigenvalue weighted by Crippen LogP contribution is -2.13. The van der Waals surface area contributed by atoms with Crippen LogP contribution in [0.3, 0.4) is 0 Å². The first-order valence-electron chi connectivity index (χ1n) is 9.69. The summed E-state index contributed by atoms with van der Waals surface area (Å²) in [7, 11) is -0.353. The lowest BCUT2D eigenvalue weighted by atomic mass is 10.0. The fourth-order valence-electron chi connectivity index (χ4n) is 3.44. The number of ether oxygens (including phenoxy) is 2. The molecule has 2 aliphatic heterocycles. The quantitative estimate of drug-likeness (QED) is 0.435. The molecule has 5 rings (SSSR count). The minimum atomic E-state index is -4.74. The molecule has 8 nitrogen and oxygen atoms in total. The van der Waals surface area contributed by atoms with E-state index in [1.165, 1.54) is 6.20 Å². The van der Waals surface area contributed by atoms with Gasteiger partial charge in [-0.2, -0.15) is 5.10 Å². The zero-order valence-corrected chi connectivity index (χ0v) is 17.3. The van der Waals surface area contributed by atoms with Gasteiger partial charge in [-0.05, 0) is 12.3 Å². The summed E-state index contributed by atoms with van der Waals surface area (Å²) in [5.41, 5.74) is 1.96. The third kappa shape index (κ3) is 4.37. The minimum Gasteiger partial charge on any atom is -0.368 e. The molecule has 3 aromatic heterocycles. The SMILES string of the molecule is CC1COC(c2cc(Nc3nc(P4CC4)cc4nc(COC(F)(F)F)cn34)n[nH]2)C1F. The molecule has 2 N–H and O–H groups in total. The van der Waals surface area contributed by atoms with Gasteiger partial charge in [-0.1, -0.05) is 14.8 Å². The van der Waals surface area contributed by atoms with Gasteiger partial charge >= 0.3 is 6.36 Å². The molecule has 0 aromatic carbocycles. The molecule has 31 heavy (non-hydrogen) atoms. The smallest absolute Gasteiger partial charge is 0.368 e. The van der Waals surface area contributed by atoms with Crippen molar-refractivity contribution in [2.45, 2.75) is 32.2 Å². The standard InChI is InChI=1S/C18H19F4N6O2P/c1-9-7-29-16(15(9)19)11-4-12(27-26-11)24-17-25-14(31-2-3-31)5-13-23-10(6-28(13)17)8-30-18(20,21)22/h4-6,9,15-16H,2-3,7-8H2,1H3,(H2,24,25,26,27). The van der Waals surface area contributed by atoms with Crippen LogP contribution in [0.4, 0.5) is 29.3 Å². The Labute approximate surface area is 175 Å². The number of nitrogens with zero attached hydrogens (tertiary/aromatic N) is 4. The highest BCUT2D eigenvalue weighted by Gasteiger charge is 2.37. The third-order valence-electron chi connectivity index (χ3n) is 5.16. The van der Waals surface area contributed by atoms with E-state index in [-0.39, 0.29) is 19.5 Å². The molecule has 5 heterocycles. The van der Waals surface area contributed by atoms with Crippen molar-refractivity contribution >= 4 is 30.8 Å². The van der Waals surface area contributed by atoms with Crippen molar-refractivity contribution < 1.29 is 27.0 Å². The van der Waals surface area contributed by atoms with Gasteiger partial charge in [-0.25, -0.2) is 14.4 Å². The van der Waals surface area contributed by atoms with E-state index in [0.29, 0.717) is 29.7 Å². The molecule has 0 saturated carbocycles. The zero-order valence-electron chi connectivity index (χ0n) is 16.4. The Balaban J connectivity index is 1.42. The van der Waals surface area contributed by atoms with Crippen molar-refractivity contribution in [2.24, 2.45) is 5.92 Å². The second-order valence-corrected chi connectivity index (χ2v) is 10.1. The average molecular weight is 458 g/mol. The summed E-state index contributed by atoms with van der Waals surface area (Å²) < 4.78 is 62.5. The lowest BCUT2D eigenvalue weighted by Gasteiger charge is -2.10. The Morgan fingerprint density at radius 3 is 2.81 bits per heavy atom. The number of nitrogens with one attached hydrogen (secondary N) is 2. The number of fused-ring (bicyclic) bond motifs is 1. The highest BCUT2D eigenvalue weighted by molar-refractivity contribution is 7.72. The molecule has 2 fully saturated rings. The van der Waals surface area contributed by atoms with Crippen LogP contribution in [0.15, 0.2) is 18.3 Å². The van der Waals surface area contributed by atoms with Crippen LogP contribution in [0, 0.1) is 5.92 Å². The number of halogens is 4. The van der Waals surface area contributed by atoms with Crippen LogP contribution in [0.1, 0.15) is 24.4 Å². The molecule has 3 aromatic rings. The predicted molar refractivity (Wildman–Crippen MR) is 105 cm³/mol. The van der Waals surface area contributed by atoms with Crippen molar-refractivity contribution in [3.8, 4) is 0 Å². The summed E-state index contributed by atoms with van der Waals surface area (Å²) >= 11 is 0. The summed E-state index contributed by atoms with van der Waals surface area (Å²) in [5.74, 6) is 0.553. The van der Waals surface area contributed by atoms with Gasteiger partial charge in [0.25, 0.3) is 0 Å². The van der Waals surface area contributed by atoms with Gasteiger partial charge in [-0.3, -0.25) is 14.2 Å². The lowest BCUT2D eigenvalue weighted by molar-refractivity contribution is -0.330. The van der Waals surface area contributed by atoms with Gasteiger partial charge in [0.2, 0.25) is 5.95 Å². The average Bonchev–Trinajstić information content (AvgIpc) is 3.17. The van der Waals surface area contributed by atoms with Gasteiger partial charge in [-0.15, -0.1) is 13.2 Å². The molecule has 0 amide bonds. The number of hydrogen-bond acceptors (Lipinski definition) is 6. The van der Waals surface area contributed by atoms with E-state index in [9.17, 15) is 17.6 Å². The Morgan fingerprint density at radius 2 is 2.13 bits per heavy atom. The maximum absolute atomic E-state index is 14.3. The molecule has 0 spiro atoms. The predicted octanol–water partition coefficient (Wildman–Crippen LogP) is 3.40. The molecule has 3 atom stereocenters. The van der Waals surface area contributed by atoms with Gasteiger partial charge in [0.15, 0.2) is 5.82 Å². The topological polar surface area (TPSA) is 89.4 Å². The van der Waals surface area contributed by atoms with Crippen molar-refractivity contribution in [1.29, 1.82) is 0 Å². The van der Waals surface area contributed by atoms with Crippen LogP contribution < -0.4 is 10.8 Å². The van der Waals surface area contributed by atoms with Crippen molar-refractivity contribution in [1.82, 2.24) is 24.6 Å². The first-order chi connectivity index (χ1) is 14.8. The third-order valence-corrected chi connectivity index (χ3v) is 6.93. The molecule has 0 aliphatic carbocycles. The number of anilines is 2. The first-order valence-corrected chi connectivity index (χ1v) is 11.4. The van der Waals surface area contributed by atoms with E-state index in [0.717, 1.165) is 17.8 Å². The molecule has 0 bridgehead atoms. The second kappa shape index (κ2) is 7.68. The Hall–Kier alpha value is -2.30. The Morgan fingerprint density at radius 1 is 1.32 bits per heavy atom. The zero-order chi connectivity index (χ0) is 21.8. The monoisotopic (exact) mass is 458 g/mol. The number of alkyl halides is 4. The minimum absolute atomic E-state index is 0.124. The molecule has 3 unspecified atom stereocenters. The van der Waals surface area contributed by atoms with Crippen molar-refractivity contribution in [3.63, 3.8) is 0 Å². The number of aromatic nitrogens is 5. The fraction of sp³-hybridized carbons (Fsp3) is 0.500. The number of hydrogen-bond donors (Lipinski definition) is 2. The fourth-order valence-corrected chi connectivity index (χ4v) is 4.83. The van der Waals surface area contributed by atoms with Crippen LogP contribution in [0.25, 0.3) is 5.65 Å². The molecule has 2 aliphatic rings. The maximum atomic E-state index is 14.3. The molecular formula is C18H19F4N6O2P. The summed E-state index contributed by atoms with van der Waals surface area (Å²) in [4.78, 5) is 8.88. The molecule has 0 radical (unpaired) electrons. The van der Waals surface area contributed by atoms with Crippen molar-refractivity contribution in [3.05, 3.63) is 29.7 Å². The van der Waals surface area contributed by atoms with Gasteiger partial charge in [0.05, 0.1) is 30.0 Å². The molecular weight excluding hydrogens is 439 g/mol. The summed E-state index contributed by atoms with van der Waals surface area (Å²) in [6.45, 7) is 1.42. The van der Waals surface area contributed by atoms with Crippen LogP contribution in [0.5, 0.6) is 0 Å². The normalized spacial score (nSPS) is 24.2. The number of rotatable bonds is 6. The van der Waals surface area contributed by atoms with Crippen LogP contribution in [-0.4, -0.2) is 56.0 Å². The number of imidazole rings is 1. The Kier molecular flexibility index (Phi) is 5.10. The Bertz CT molecular complexity index is 1100. The van der Waals surface area contributed by atoms with E-state index in [4.69, 9.17) is 4.74 Å². The van der Waals surface area contributed by atoms with Crippen LogP contribution in [-0.2, 0) is 16.1 Å². The largest absolute Gasteiger partial charge is 0.522 e. The van der Waals surface area contributed by atoms with Crippen LogP contribution >= 0.6 is 7.92 Å². The molecule has 2 saturated heterocycles. The summed E-state index contributed by atoms with van der Waals surface area (Å²) in [6.07, 6.45) is -3.03. The number of H-pyrrole nitrogens is 1. The van der Waals surface area contributed by atoms with Gasteiger partial charge in [0.1, 0.15) is 17.9 Å². The van der Waals surface area contributed by atoms with Gasteiger partial charge in [0, 0.05) is 24.2 Å². The summed E-state index contributed by atoms with van der Waals surface area (Å²) in [5, 5.41) is 10.0. The molecule has 166 valence electrons. The highest BCUT2D eigenvalue weighted by atomic mass is 31.1. The first kappa shape index (κ1) is 20.6. The second-order valence-electron chi connectivity index (χ2n) is 7.63. The highest BCUT2D eigenvalue weighted by Crippen LogP contribution is 2.48. The number of aromatic amines is 1. The maximum Gasteiger partial charge on any atom is 0.522 e. The van der Waals surface area contributed by atoms with Gasteiger partial charge < -0.3 is 10.1 Å². The van der Waals surface area contributed by atoms with E-state index in [2.05, 4.69) is 30.2 Å². The van der Waals surface area contributed by atoms with E-state index < -0.39 is 25.2 Å². The van der Waals surface area contributed by atoms with Crippen molar-refractivity contribution in [2.75, 3.05) is 24.2 Å². The van der Waals surface area contributed by atoms with Crippen LogP contribution in [0.2, 0.25) is 0 Å². The summed E-state index contributed by atoms with van der Waals surface area (Å²) in [6, 6.07) is 3.43. The van der Waals surface area contributed by atoms with E-state index in [1.807, 2.05) is 0 Å². The van der Waals surface area contributed by atoms with E-state index >= 15 is 0 Å².